The molecule has 0 amide bonds. The van der Waals surface area contributed by atoms with Gasteiger partial charge in [-0.1, -0.05) is 186 Å². The van der Waals surface area contributed by atoms with Crippen molar-refractivity contribution in [3.63, 3.8) is 0 Å². The largest absolute Gasteiger partial charge is 0.510 e. The van der Waals surface area contributed by atoms with Crippen LogP contribution in [0, 0.1) is 24.4 Å². The minimum Gasteiger partial charge on any atom is -0.510 e. The summed E-state index contributed by atoms with van der Waals surface area (Å²) in [5.41, 5.74) is 15.2. The maximum absolute atomic E-state index is 6.75. The van der Waals surface area contributed by atoms with E-state index in [0.717, 1.165) is 84.3 Å². The molecular weight excluding hydrogens is 1010 g/mol. The van der Waals surface area contributed by atoms with Crippen molar-refractivity contribution in [3.8, 4) is 62.1 Å². The van der Waals surface area contributed by atoms with E-state index in [2.05, 4.69) is 237 Å². The number of rotatable bonds is 10. The molecule has 6 heteroatoms. The maximum Gasteiger partial charge on any atom is 0.268 e. The van der Waals surface area contributed by atoms with Crippen LogP contribution in [0.1, 0.15) is 45.7 Å². The zero-order valence-corrected chi connectivity index (χ0v) is 41.0. The van der Waals surface area contributed by atoms with Crippen molar-refractivity contribution in [2.75, 3.05) is 0 Å². The molecule has 11 rings (SSSR count). The first-order valence-electron chi connectivity index (χ1n) is 23.1. The van der Waals surface area contributed by atoms with E-state index in [1.165, 1.54) is 16.7 Å². The molecule has 0 radical (unpaired) electrons. The third kappa shape index (κ3) is 8.37. The third-order valence-corrected chi connectivity index (χ3v) is 12.6. The minimum absolute atomic E-state index is 0. The molecule has 8 aromatic carbocycles. The van der Waals surface area contributed by atoms with Crippen LogP contribution in [0.5, 0.6) is 11.5 Å². The summed E-state index contributed by atoms with van der Waals surface area (Å²) < 4.78 is 13.3. The van der Waals surface area contributed by atoms with E-state index in [9.17, 15) is 0 Å². The number of hydrogen-bond acceptors (Lipinski definition) is 2. The van der Waals surface area contributed by atoms with Crippen molar-refractivity contribution < 1.29 is 30.4 Å². The van der Waals surface area contributed by atoms with Gasteiger partial charge in [-0.05, 0) is 79.9 Å². The Bertz CT molecular complexity index is 3530. The fourth-order valence-electron chi connectivity index (χ4n) is 9.42. The van der Waals surface area contributed by atoms with Gasteiger partial charge in [-0.25, -0.2) is 4.98 Å². The Labute approximate surface area is 413 Å². The third-order valence-electron chi connectivity index (χ3n) is 12.6. The molecule has 336 valence electrons. The second-order valence-electron chi connectivity index (χ2n) is 18.8. The first-order valence-corrected chi connectivity index (χ1v) is 23.1. The summed E-state index contributed by atoms with van der Waals surface area (Å²) in [5, 5.41) is 2.25. The second-order valence-corrected chi connectivity index (χ2v) is 18.8. The van der Waals surface area contributed by atoms with Crippen molar-refractivity contribution in [1.82, 2.24) is 14.1 Å². The molecule has 0 aliphatic carbocycles. The topological polar surface area (TPSA) is 35.9 Å². The number of fused-ring (bicyclic) bond motifs is 4. The van der Waals surface area contributed by atoms with Gasteiger partial charge in [-0.15, -0.1) is 29.7 Å². The molecule has 68 heavy (non-hydrogen) atoms. The summed E-state index contributed by atoms with van der Waals surface area (Å²) in [4.78, 5) is 5.18. The second kappa shape index (κ2) is 18.4. The Morgan fingerprint density at radius 1 is 0.588 bits per heavy atom. The molecule has 0 aliphatic heterocycles. The fourth-order valence-corrected chi connectivity index (χ4v) is 9.42. The zero-order chi connectivity index (χ0) is 45.6. The average molecular weight is 1060 g/mol. The monoisotopic (exact) mass is 1060 g/mol. The maximum atomic E-state index is 6.75. The van der Waals surface area contributed by atoms with E-state index < -0.39 is 0 Å². The fraction of sp³-hybridized carbons (Fsp3) is 0.129. The van der Waals surface area contributed by atoms with Gasteiger partial charge in [0.1, 0.15) is 5.82 Å². The molecule has 5 nitrogen and oxygen atoms in total. The van der Waals surface area contributed by atoms with Gasteiger partial charge in [0.25, 0.3) is 6.33 Å². The number of hydrogen-bond donors (Lipinski definition) is 0. The summed E-state index contributed by atoms with van der Waals surface area (Å²) in [6, 6.07) is 73.3. The van der Waals surface area contributed by atoms with Gasteiger partial charge in [-0.3, -0.25) is 4.57 Å². The molecule has 0 aliphatic rings. The van der Waals surface area contributed by atoms with Crippen LogP contribution in [0.15, 0.2) is 194 Å². The first kappa shape index (κ1) is 44.5. The summed E-state index contributed by atoms with van der Waals surface area (Å²) in [7, 11) is 0. The van der Waals surface area contributed by atoms with Crippen LogP contribution in [0.25, 0.3) is 83.4 Å². The van der Waals surface area contributed by atoms with Crippen LogP contribution in [0.4, 0.5) is 0 Å². The van der Waals surface area contributed by atoms with Crippen LogP contribution in [0.2, 0.25) is 0 Å². The van der Waals surface area contributed by atoms with Gasteiger partial charge in [0.15, 0.2) is 0 Å². The van der Waals surface area contributed by atoms with Crippen LogP contribution >= 0.6 is 0 Å². The predicted molar refractivity (Wildman–Crippen MR) is 274 cm³/mol. The average Bonchev–Trinajstić information content (AvgIpc) is 3.90. The predicted octanol–water partition coefficient (Wildman–Crippen LogP) is 15.1. The number of aromatic nitrogens is 4. The molecule has 0 bridgehead atoms. The Balaban J connectivity index is 0.00000539. The van der Waals surface area contributed by atoms with Gasteiger partial charge in [0.05, 0.1) is 16.7 Å². The molecule has 0 saturated carbocycles. The molecule has 0 atom stereocenters. The molecule has 11 aromatic rings. The van der Waals surface area contributed by atoms with Crippen LogP contribution in [-0.4, -0.2) is 14.1 Å². The summed E-state index contributed by atoms with van der Waals surface area (Å²) in [5.74, 6) is 2.48. The standard InChI is InChI=1S/C62H50N4O.Pt/c1-42(2)35-46-36-60(63-40-55(46)45-23-13-8-14-24-45)66-56-34-31-47(62(3,4)5)37-54(56)53-33-32-50(39-59(53)66)67-49-26-17-25-48(38-49)64-41-65(58-30-16-15-29-57(58)64)61-51(43-19-9-6-10-20-43)27-18-28-52(61)44-21-11-7-12-22-44;/h6-34,36-37,40,42H,35H2,1-5H3;/q-2;. The molecule has 0 unspecified atom stereocenters. The Morgan fingerprint density at radius 2 is 1.21 bits per heavy atom. The summed E-state index contributed by atoms with van der Waals surface area (Å²) in [6.07, 6.45) is 6.74. The van der Waals surface area contributed by atoms with Gasteiger partial charge < -0.3 is 13.9 Å². The smallest absolute Gasteiger partial charge is 0.268 e. The SMILES string of the molecule is CC(C)Cc1cc(-n2c3[c-]c(Oc4[c-]c(-n5[c-][n+](-c6c(-c7ccccc7)cccc6-c6ccccc6)c6ccccc65)ccc4)ccc3c3cc(C(C)(C)C)ccc32)ncc1-c1ccccc1.[Pt]. The van der Waals surface area contributed by atoms with Gasteiger partial charge in [0, 0.05) is 49.8 Å². The van der Waals surface area contributed by atoms with E-state index in [1.54, 1.807) is 0 Å². The molecule has 0 N–H and O–H groups in total. The van der Waals surface area contributed by atoms with Crippen molar-refractivity contribution in [2.24, 2.45) is 5.92 Å². The van der Waals surface area contributed by atoms with Crippen molar-refractivity contribution >= 4 is 32.8 Å². The van der Waals surface area contributed by atoms with Gasteiger partial charge in [0.2, 0.25) is 0 Å². The quantitative estimate of drug-likeness (QED) is 0.101. The van der Waals surface area contributed by atoms with E-state index in [-0.39, 0.29) is 26.5 Å². The van der Waals surface area contributed by atoms with Crippen molar-refractivity contribution in [2.45, 2.75) is 46.5 Å². The summed E-state index contributed by atoms with van der Waals surface area (Å²) >= 11 is 0. The number of para-hydroxylation sites is 3. The Hall–Kier alpha value is -7.33. The number of pyridine rings is 1. The van der Waals surface area contributed by atoms with E-state index in [0.29, 0.717) is 17.4 Å². The van der Waals surface area contributed by atoms with Crippen molar-refractivity contribution in [1.29, 1.82) is 0 Å². The van der Waals surface area contributed by atoms with Crippen LogP contribution < -0.4 is 9.30 Å². The Morgan fingerprint density at radius 3 is 1.87 bits per heavy atom. The van der Waals surface area contributed by atoms with E-state index >= 15 is 0 Å². The van der Waals surface area contributed by atoms with Crippen molar-refractivity contribution in [3.05, 3.63) is 224 Å². The van der Waals surface area contributed by atoms with Crippen LogP contribution in [0.3, 0.4) is 0 Å². The van der Waals surface area contributed by atoms with Crippen LogP contribution in [-0.2, 0) is 32.9 Å². The number of benzene rings is 8. The first-order chi connectivity index (χ1) is 32.7. The molecule has 0 spiro atoms. The molecule has 0 saturated heterocycles. The Kier molecular flexibility index (Phi) is 12.0. The zero-order valence-electron chi connectivity index (χ0n) is 38.8. The molecule has 0 fully saturated rings. The number of nitrogens with zero attached hydrogens (tertiary/aromatic N) is 4. The number of ether oxygens (including phenoxy) is 1. The van der Waals surface area contributed by atoms with Gasteiger partial charge in [-0.2, -0.15) is 18.2 Å². The summed E-state index contributed by atoms with van der Waals surface area (Å²) in [6.45, 7) is 11.3. The minimum atomic E-state index is -0.0204. The van der Waals surface area contributed by atoms with E-state index in [4.69, 9.17) is 9.72 Å². The number of imidazole rings is 1. The molecule has 3 heterocycles. The molecular formula is C62H50N4OPt-2. The molecule has 3 aromatic heterocycles. The van der Waals surface area contributed by atoms with Gasteiger partial charge >= 0.3 is 0 Å². The normalized spacial score (nSPS) is 11.7. The van der Waals surface area contributed by atoms with E-state index in [1.807, 2.05) is 24.4 Å².